The van der Waals surface area contributed by atoms with Crippen LogP contribution in [0.3, 0.4) is 0 Å². The van der Waals surface area contributed by atoms with E-state index in [4.69, 9.17) is 5.11 Å². The summed E-state index contributed by atoms with van der Waals surface area (Å²) < 4.78 is 24.0. The molecule has 90 valence electrons. The van der Waals surface area contributed by atoms with Gasteiger partial charge < -0.3 is 10.1 Å². The minimum atomic E-state index is -4.02. The van der Waals surface area contributed by atoms with Gasteiger partial charge >= 0.3 is 6.09 Å². The van der Waals surface area contributed by atoms with Crippen molar-refractivity contribution >= 4 is 27.1 Å². The molecule has 1 heterocycles. The number of nitrogens with one attached hydrogen (secondary N) is 1. The molecule has 0 unspecified atom stereocenters. The van der Waals surface area contributed by atoms with Crippen molar-refractivity contribution in [1.82, 2.24) is 14.3 Å². The quantitative estimate of drug-likeness (QED) is 0.828. The summed E-state index contributed by atoms with van der Waals surface area (Å²) in [7, 11) is -3.04. The molecule has 8 heteroatoms. The second-order valence-corrected chi connectivity index (χ2v) is 5.31. The van der Waals surface area contributed by atoms with E-state index < -0.39 is 16.1 Å². The largest absolute Gasteiger partial charge is 0.464 e. The number of aromatic amines is 1. The van der Waals surface area contributed by atoms with E-state index in [1.807, 2.05) is 0 Å². The van der Waals surface area contributed by atoms with Crippen LogP contribution in [-0.4, -0.2) is 40.9 Å². The predicted octanol–water partition coefficient (Wildman–Crippen LogP) is 0.861. The minimum Gasteiger partial charge on any atom is -0.464 e. The average molecular weight is 255 g/mol. The first-order chi connectivity index (χ1) is 7.93. The molecule has 1 aromatic heterocycles. The predicted molar refractivity (Wildman–Crippen MR) is 59.1 cm³/mol. The van der Waals surface area contributed by atoms with Gasteiger partial charge in [0.15, 0.2) is 0 Å². The van der Waals surface area contributed by atoms with Gasteiger partial charge in [-0.15, -0.1) is 0 Å². The van der Waals surface area contributed by atoms with Gasteiger partial charge in [0.2, 0.25) is 0 Å². The van der Waals surface area contributed by atoms with Crippen molar-refractivity contribution in [3.63, 3.8) is 0 Å². The number of rotatable bonds is 2. The van der Waals surface area contributed by atoms with Gasteiger partial charge in [0.25, 0.3) is 10.0 Å². The molecule has 0 saturated carbocycles. The normalized spacial score (nSPS) is 11.6. The number of carbonyl (C=O) groups is 1. The lowest BCUT2D eigenvalue weighted by Crippen LogP contribution is -2.31. The van der Waals surface area contributed by atoms with Crippen molar-refractivity contribution in [2.75, 3.05) is 7.05 Å². The van der Waals surface area contributed by atoms with Gasteiger partial charge in [0, 0.05) is 7.05 Å². The lowest BCUT2D eigenvalue weighted by atomic mass is 10.3. The van der Waals surface area contributed by atoms with Crippen LogP contribution in [0.5, 0.6) is 0 Å². The highest BCUT2D eigenvalue weighted by molar-refractivity contribution is 7.89. The number of H-pyrrole nitrogens is 1. The number of aromatic nitrogens is 2. The van der Waals surface area contributed by atoms with Crippen molar-refractivity contribution in [3.8, 4) is 0 Å². The van der Waals surface area contributed by atoms with Crippen molar-refractivity contribution in [2.24, 2.45) is 0 Å². The highest BCUT2D eigenvalue weighted by Gasteiger charge is 2.25. The molecule has 0 spiro atoms. The van der Waals surface area contributed by atoms with E-state index >= 15 is 0 Å². The second-order valence-electron chi connectivity index (χ2n) is 3.34. The first-order valence-corrected chi connectivity index (χ1v) is 6.02. The Morgan fingerprint density at radius 3 is 2.82 bits per heavy atom. The lowest BCUT2D eigenvalue weighted by Gasteiger charge is -2.13. The van der Waals surface area contributed by atoms with E-state index in [2.05, 4.69) is 9.97 Å². The maximum absolute atomic E-state index is 11.8. The Kier molecular flexibility index (Phi) is 2.50. The number of carboxylic acid groups (broad SMARTS) is 1. The summed E-state index contributed by atoms with van der Waals surface area (Å²) in [6.45, 7) is 0. The molecular weight excluding hydrogens is 246 g/mol. The van der Waals surface area contributed by atoms with Crippen molar-refractivity contribution in [1.29, 1.82) is 0 Å². The van der Waals surface area contributed by atoms with Gasteiger partial charge in [0.05, 0.1) is 22.3 Å². The summed E-state index contributed by atoms with van der Waals surface area (Å²) in [5, 5.41) is 8.68. The topological polar surface area (TPSA) is 103 Å². The molecule has 0 aliphatic rings. The Morgan fingerprint density at radius 2 is 2.18 bits per heavy atom. The van der Waals surface area contributed by atoms with Crippen LogP contribution in [0.4, 0.5) is 4.79 Å². The third-order valence-corrected chi connectivity index (χ3v) is 4.05. The number of fused-ring (bicyclic) bond motifs is 1. The number of nitrogens with zero attached hydrogens (tertiary/aromatic N) is 2. The van der Waals surface area contributed by atoms with Gasteiger partial charge in [-0.05, 0) is 18.2 Å². The van der Waals surface area contributed by atoms with Crippen molar-refractivity contribution in [2.45, 2.75) is 4.90 Å². The van der Waals surface area contributed by atoms with Crippen molar-refractivity contribution in [3.05, 3.63) is 24.5 Å². The standard InChI is InChI=1S/C9H9N3O4S/c1-12(9(13)14)17(15,16)6-2-3-7-8(4-6)11-5-10-7/h2-5H,1H3,(H,10,11)(H,13,14). The number of amides is 1. The number of benzene rings is 1. The summed E-state index contributed by atoms with van der Waals surface area (Å²) >= 11 is 0. The fraction of sp³-hybridized carbons (Fsp3) is 0.111. The van der Waals surface area contributed by atoms with Crippen LogP contribution in [0.1, 0.15) is 0 Å². The third-order valence-electron chi connectivity index (χ3n) is 2.32. The zero-order valence-electron chi connectivity index (χ0n) is 8.78. The van der Waals surface area contributed by atoms with Gasteiger partial charge in [-0.25, -0.2) is 22.5 Å². The highest BCUT2D eigenvalue weighted by atomic mass is 32.2. The first kappa shape index (κ1) is 11.4. The molecule has 0 aliphatic heterocycles. The van der Waals surface area contributed by atoms with Gasteiger partial charge in [-0.1, -0.05) is 0 Å². The average Bonchev–Trinajstić information content (AvgIpc) is 2.74. The van der Waals surface area contributed by atoms with E-state index in [-0.39, 0.29) is 9.20 Å². The Balaban J connectivity index is 2.56. The third kappa shape index (κ3) is 1.82. The minimum absolute atomic E-state index is 0.0980. The zero-order valence-corrected chi connectivity index (χ0v) is 9.60. The molecule has 0 fully saturated rings. The van der Waals surface area contributed by atoms with Crippen LogP contribution in [-0.2, 0) is 10.0 Å². The molecule has 0 saturated heterocycles. The zero-order chi connectivity index (χ0) is 12.6. The van der Waals surface area contributed by atoms with Crippen LogP contribution >= 0.6 is 0 Å². The number of hydrogen-bond donors (Lipinski definition) is 2. The fourth-order valence-corrected chi connectivity index (χ4v) is 2.36. The molecule has 1 amide bonds. The maximum Gasteiger partial charge on any atom is 0.421 e. The van der Waals surface area contributed by atoms with Gasteiger partial charge in [0.1, 0.15) is 0 Å². The Morgan fingerprint density at radius 1 is 1.47 bits per heavy atom. The van der Waals surface area contributed by atoms with Gasteiger partial charge in [-0.2, -0.15) is 0 Å². The van der Waals surface area contributed by atoms with Crippen LogP contribution < -0.4 is 0 Å². The van der Waals surface area contributed by atoms with E-state index in [9.17, 15) is 13.2 Å². The summed E-state index contributed by atoms with van der Waals surface area (Å²) in [6, 6.07) is 4.17. The summed E-state index contributed by atoms with van der Waals surface area (Å²) in [4.78, 5) is 17.3. The number of hydrogen-bond acceptors (Lipinski definition) is 4. The van der Waals surface area contributed by atoms with E-state index in [0.717, 1.165) is 7.05 Å². The Bertz CT molecular complexity index is 676. The second kappa shape index (κ2) is 3.74. The fourth-order valence-electron chi connectivity index (χ4n) is 1.34. The van der Waals surface area contributed by atoms with E-state index in [1.54, 1.807) is 0 Å². The van der Waals surface area contributed by atoms with E-state index in [0.29, 0.717) is 11.0 Å². The van der Waals surface area contributed by atoms with Crippen LogP contribution in [0.2, 0.25) is 0 Å². The molecule has 1 aromatic carbocycles. The van der Waals surface area contributed by atoms with E-state index in [1.165, 1.54) is 24.5 Å². The molecule has 2 N–H and O–H groups in total. The summed E-state index contributed by atoms with van der Waals surface area (Å²) in [5.74, 6) is 0. The number of imidazole rings is 1. The Hall–Kier alpha value is -2.09. The van der Waals surface area contributed by atoms with Crippen LogP contribution in [0.25, 0.3) is 11.0 Å². The molecule has 7 nitrogen and oxygen atoms in total. The molecule has 0 aliphatic carbocycles. The monoisotopic (exact) mass is 255 g/mol. The Labute approximate surface area is 96.7 Å². The SMILES string of the molecule is CN(C(=O)O)S(=O)(=O)c1ccc2nc[nH]c2c1. The molecule has 0 atom stereocenters. The van der Waals surface area contributed by atoms with Crippen LogP contribution in [0, 0.1) is 0 Å². The molecule has 17 heavy (non-hydrogen) atoms. The summed E-state index contributed by atoms with van der Waals surface area (Å²) in [6.07, 6.45) is -0.100. The highest BCUT2D eigenvalue weighted by Crippen LogP contribution is 2.18. The molecular formula is C9H9N3O4S. The molecule has 2 aromatic rings. The van der Waals surface area contributed by atoms with Crippen LogP contribution in [0.15, 0.2) is 29.4 Å². The van der Waals surface area contributed by atoms with Gasteiger partial charge in [-0.3, -0.25) is 0 Å². The maximum atomic E-state index is 11.8. The summed E-state index contributed by atoms with van der Waals surface area (Å²) in [5.41, 5.74) is 1.15. The first-order valence-electron chi connectivity index (χ1n) is 4.58. The molecule has 0 bridgehead atoms. The lowest BCUT2D eigenvalue weighted by molar-refractivity contribution is 0.178. The molecule has 0 radical (unpaired) electrons. The number of sulfonamides is 1. The molecule has 2 rings (SSSR count). The smallest absolute Gasteiger partial charge is 0.421 e. The van der Waals surface area contributed by atoms with Crippen molar-refractivity contribution < 1.29 is 18.3 Å².